The summed E-state index contributed by atoms with van der Waals surface area (Å²) in [4.78, 5) is 21.7. The highest BCUT2D eigenvalue weighted by molar-refractivity contribution is 8.18. The molecule has 1 aliphatic rings. The minimum Gasteiger partial charge on any atom is -0.268 e. The number of nitrogens with zero attached hydrogens (tertiary/aromatic N) is 1. The third kappa shape index (κ3) is 3.30. The molecule has 1 fully saturated rings. The lowest BCUT2D eigenvalue weighted by molar-refractivity contribution is -0.216. The van der Waals surface area contributed by atoms with E-state index < -0.39 is 22.3 Å². The van der Waals surface area contributed by atoms with E-state index >= 15 is 0 Å². The van der Waals surface area contributed by atoms with Gasteiger partial charge in [-0.3, -0.25) is 9.59 Å². The Morgan fingerprint density at radius 3 is 2.16 bits per heavy atom. The van der Waals surface area contributed by atoms with Gasteiger partial charge >= 0.3 is 11.5 Å². The van der Waals surface area contributed by atoms with Crippen LogP contribution in [0.1, 0.15) is 5.56 Å². The van der Waals surface area contributed by atoms with E-state index in [9.17, 15) is 22.8 Å². The monoisotopic (exact) mass is 309 g/mol. The van der Waals surface area contributed by atoms with Gasteiger partial charge in [0.05, 0.1) is 4.91 Å². The van der Waals surface area contributed by atoms with Crippen LogP contribution < -0.4 is 0 Å². The molecule has 3 nitrogen and oxygen atoms in total. The third-order valence-corrected chi connectivity index (χ3v) is 3.01. The Bertz CT molecular complexity index is 530. The van der Waals surface area contributed by atoms with E-state index in [0.29, 0.717) is 5.56 Å². The number of carbonyl (C=O) groups excluding carboxylic acids is 2. The Morgan fingerprint density at radius 2 is 1.68 bits per heavy atom. The largest absolute Gasteiger partial charge is 0.494 e. The average molecular weight is 310 g/mol. The SMILES string of the molecule is Cl.O=C1S/C(=C\c2ccccc2)C(=O)N1C(F)(F)F. The summed E-state index contributed by atoms with van der Waals surface area (Å²) in [6.45, 7) is 0. The van der Waals surface area contributed by atoms with Gasteiger partial charge in [0.1, 0.15) is 0 Å². The topological polar surface area (TPSA) is 37.4 Å². The van der Waals surface area contributed by atoms with E-state index in [-0.39, 0.29) is 29.1 Å². The fourth-order valence-corrected chi connectivity index (χ4v) is 2.23. The molecule has 0 spiro atoms. The molecule has 0 bridgehead atoms. The van der Waals surface area contributed by atoms with E-state index in [1.54, 1.807) is 30.3 Å². The van der Waals surface area contributed by atoms with Crippen molar-refractivity contribution in [2.45, 2.75) is 6.30 Å². The van der Waals surface area contributed by atoms with E-state index in [1.807, 2.05) is 0 Å². The van der Waals surface area contributed by atoms with Crippen molar-refractivity contribution in [3.63, 3.8) is 0 Å². The first kappa shape index (κ1) is 15.6. The summed E-state index contributed by atoms with van der Waals surface area (Å²) >= 11 is 0.282. The zero-order valence-electron chi connectivity index (χ0n) is 9.18. The molecule has 0 radical (unpaired) electrons. The van der Waals surface area contributed by atoms with Crippen LogP contribution in [0.3, 0.4) is 0 Å². The number of rotatable bonds is 1. The van der Waals surface area contributed by atoms with Gasteiger partial charge in [0.25, 0.3) is 5.91 Å². The van der Waals surface area contributed by atoms with Crippen LogP contribution in [0.5, 0.6) is 0 Å². The number of benzene rings is 1. The normalized spacial score (nSPS) is 17.8. The number of alkyl halides is 3. The molecule has 1 aliphatic heterocycles. The van der Waals surface area contributed by atoms with Crippen molar-refractivity contribution < 1.29 is 22.8 Å². The second-order valence-corrected chi connectivity index (χ2v) is 4.39. The first-order chi connectivity index (χ1) is 8.39. The van der Waals surface area contributed by atoms with Crippen LogP contribution in [0.4, 0.5) is 18.0 Å². The first-order valence-corrected chi connectivity index (χ1v) is 5.61. The van der Waals surface area contributed by atoms with Crippen molar-refractivity contribution in [3.05, 3.63) is 40.8 Å². The molecular formula is C11H7ClF3NO2S. The maximum atomic E-state index is 12.4. The summed E-state index contributed by atoms with van der Waals surface area (Å²) in [5, 5.41) is -1.32. The van der Waals surface area contributed by atoms with Crippen molar-refractivity contribution in [1.82, 2.24) is 4.90 Å². The Hall–Kier alpha value is -1.47. The summed E-state index contributed by atoms with van der Waals surface area (Å²) in [5.41, 5.74) is 0.560. The first-order valence-electron chi connectivity index (χ1n) is 4.79. The van der Waals surface area contributed by atoms with Crippen LogP contribution in [0.25, 0.3) is 6.08 Å². The molecule has 19 heavy (non-hydrogen) atoms. The quantitative estimate of drug-likeness (QED) is 0.587. The van der Waals surface area contributed by atoms with Crippen LogP contribution in [0.15, 0.2) is 35.2 Å². The molecule has 0 saturated carbocycles. The fourth-order valence-electron chi connectivity index (χ4n) is 1.39. The minimum absolute atomic E-state index is 0. The number of amides is 2. The van der Waals surface area contributed by atoms with Gasteiger partial charge in [0, 0.05) is 0 Å². The van der Waals surface area contributed by atoms with Gasteiger partial charge in [-0.1, -0.05) is 30.3 Å². The number of imide groups is 1. The molecule has 1 saturated heterocycles. The molecule has 1 aromatic carbocycles. The Kier molecular flexibility index (Phi) is 4.65. The van der Waals surface area contributed by atoms with Gasteiger partial charge in [0.15, 0.2) is 0 Å². The molecule has 0 N–H and O–H groups in total. The summed E-state index contributed by atoms with van der Waals surface area (Å²) < 4.78 is 37.3. The predicted octanol–water partition coefficient (Wildman–Crippen LogP) is 3.66. The Morgan fingerprint density at radius 1 is 1.11 bits per heavy atom. The van der Waals surface area contributed by atoms with E-state index in [1.165, 1.54) is 6.08 Å². The van der Waals surface area contributed by atoms with Gasteiger partial charge < -0.3 is 0 Å². The lowest BCUT2D eigenvalue weighted by Gasteiger charge is -2.15. The minimum atomic E-state index is -4.98. The van der Waals surface area contributed by atoms with Gasteiger partial charge in [0.2, 0.25) is 0 Å². The van der Waals surface area contributed by atoms with Crippen LogP contribution >= 0.6 is 24.2 Å². The third-order valence-electron chi connectivity index (χ3n) is 2.14. The standard InChI is InChI=1S/C11H6F3NO2S.ClH/c12-11(13,14)15-9(16)8(18-10(15)17)6-7-4-2-1-3-5-7;/h1-6H;1H/b8-6-;. The lowest BCUT2D eigenvalue weighted by Crippen LogP contribution is -2.41. The molecule has 2 amide bonds. The summed E-state index contributed by atoms with van der Waals surface area (Å²) in [7, 11) is 0. The maximum absolute atomic E-state index is 12.4. The number of hydrogen-bond donors (Lipinski definition) is 0. The van der Waals surface area contributed by atoms with Crippen molar-refractivity contribution in [3.8, 4) is 0 Å². The number of carbonyl (C=O) groups is 2. The number of thioether (sulfide) groups is 1. The van der Waals surface area contributed by atoms with Crippen molar-refractivity contribution in [1.29, 1.82) is 0 Å². The zero-order valence-corrected chi connectivity index (χ0v) is 10.8. The van der Waals surface area contributed by atoms with E-state index in [0.717, 1.165) is 0 Å². The lowest BCUT2D eigenvalue weighted by atomic mass is 10.2. The Labute approximate surface area is 116 Å². The maximum Gasteiger partial charge on any atom is 0.494 e. The zero-order chi connectivity index (χ0) is 13.3. The van der Waals surface area contributed by atoms with Crippen LogP contribution in [-0.4, -0.2) is 22.3 Å². The number of hydrogen-bond acceptors (Lipinski definition) is 3. The molecule has 0 atom stereocenters. The van der Waals surface area contributed by atoms with Crippen molar-refractivity contribution in [2.24, 2.45) is 0 Å². The van der Waals surface area contributed by atoms with Crippen molar-refractivity contribution in [2.75, 3.05) is 0 Å². The number of halogens is 4. The molecule has 8 heteroatoms. The van der Waals surface area contributed by atoms with E-state index in [4.69, 9.17) is 0 Å². The molecule has 102 valence electrons. The molecule has 2 rings (SSSR count). The molecule has 1 aromatic rings. The highest BCUT2D eigenvalue weighted by Gasteiger charge is 2.51. The summed E-state index contributed by atoms with van der Waals surface area (Å²) in [5.74, 6) is -1.33. The smallest absolute Gasteiger partial charge is 0.268 e. The summed E-state index contributed by atoms with van der Waals surface area (Å²) in [6.07, 6.45) is -3.72. The van der Waals surface area contributed by atoms with Crippen LogP contribution in [0.2, 0.25) is 0 Å². The van der Waals surface area contributed by atoms with Crippen molar-refractivity contribution >= 4 is 41.4 Å². The van der Waals surface area contributed by atoms with Crippen LogP contribution in [0, 0.1) is 0 Å². The van der Waals surface area contributed by atoms with Gasteiger partial charge in [-0.2, -0.15) is 4.90 Å². The average Bonchev–Trinajstić information content (AvgIpc) is 2.54. The molecular weight excluding hydrogens is 303 g/mol. The van der Waals surface area contributed by atoms with Crippen LogP contribution in [-0.2, 0) is 4.79 Å². The molecule has 0 aliphatic carbocycles. The van der Waals surface area contributed by atoms with Gasteiger partial charge in [-0.25, -0.2) is 0 Å². The second kappa shape index (κ2) is 5.66. The second-order valence-electron chi connectivity index (χ2n) is 3.40. The predicted molar refractivity (Wildman–Crippen MR) is 67.6 cm³/mol. The van der Waals surface area contributed by atoms with E-state index in [2.05, 4.69) is 0 Å². The highest BCUT2D eigenvalue weighted by atomic mass is 35.5. The highest BCUT2D eigenvalue weighted by Crippen LogP contribution is 2.38. The Balaban J connectivity index is 0.00000180. The molecule has 0 aromatic heterocycles. The summed E-state index contributed by atoms with van der Waals surface area (Å²) in [6, 6.07) is 8.35. The molecule has 1 heterocycles. The van der Waals surface area contributed by atoms with Gasteiger partial charge in [-0.05, 0) is 23.4 Å². The fraction of sp³-hybridized carbons (Fsp3) is 0.0909. The molecule has 0 unspecified atom stereocenters. The van der Waals surface area contributed by atoms with Gasteiger partial charge in [-0.15, -0.1) is 25.6 Å².